The molecule has 6 heteroatoms. The van der Waals surface area contributed by atoms with Gasteiger partial charge >= 0.3 is 5.97 Å². The second kappa shape index (κ2) is 6.16. The van der Waals surface area contributed by atoms with E-state index in [9.17, 15) is 9.59 Å². The van der Waals surface area contributed by atoms with Crippen LogP contribution < -0.4 is 10.1 Å². The average Bonchev–Trinajstić information content (AvgIpc) is 3.27. The van der Waals surface area contributed by atoms with Gasteiger partial charge in [0.15, 0.2) is 5.76 Å². The minimum Gasteiger partial charge on any atom is -0.497 e. The first kappa shape index (κ1) is 15.1. The molecule has 3 rings (SSSR count). The number of rotatable bonds is 6. The molecule has 1 aromatic heterocycles. The molecular formula is C17H17NO5. The van der Waals surface area contributed by atoms with Gasteiger partial charge < -0.3 is 19.6 Å². The number of ether oxygens (including phenoxy) is 1. The number of benzene rings is 1. The third-order valence-corrected chi connectivity index (χ3v) is 3.90. The number of methoxy groups -OCH3 is 1. The van der Waals surface area contributed by atoms with Crippen LogP contribution in [0.5, 0.6) is 5.75 Å². The van der Waals surface area contributed by atoms with Crippen molar-refractivity contribution in [1.29, 1.82) is 0 Å². The summed E-state index contributed by atoms with van der Waals surface area (Å²) in [6.07, 6.45) is 2.10. The second-order valence-electron chi connectivity index (χ2n) is 5.53. The highest BCUT2D eigenvalue weighted by molar-refractivity contribution is 5.93. The van der Waals surface area contributed by atoms with Gasteiger partial charge in [0, 0.05) is 0 Å². The van der Waals surface area contributed by atoms with Crippen molar-refractivity contribution in [2.45, 2.75) is 18.9 Å². The van der Waals surface area contributed by atoms with Gasteiger partial charge in [0.25, 0.3) is 5.91 Å². The smallest absolute Gasteiger partial charge is 0.371 e. The molecular weight excluding hydrogens is 298 g/mol. The topological polar surface area (TPSA) is 88.8 Å². The fourth-order valence-corrected chi connectivity index (χ4v) is 2.50. The largest absolute Gasteiger partial charge is 0.497 e. The maximum Gasteiger partial charge on any atom is 0.371 e. The van der Waals surface area contributed by atoms with Gasteiger partial charge in [-0.2, -0.15) is 0 Å². The summed E-state index contributed by atoms with van der Waals surface area (Å²) in [5.41, 5.74) is 0.992. The van der Waals surface area contributed by atoms with Crippen molar-refractivity contribution >= 4 is 11.9 Å². The first-order valence-corrected chi connectivity index (χ1v) is 7.36. The highest BCUT2D eigenvalue weighted by atomic mass is 16.5. The normalized spacial score (nSPS) is 15.0. The van der Waals surface area contributed by atoms with Crippen molar-refractivity contribution < 1.29 is 23.8 Å². The number of furan rings is 1. The first-order valence-electron chi connectivity index (χ1n) is 7.36. The van der Waals surface area contributed by atoms with Gasteiger partial charge in [0.1, 0.15) is 5.75 Å². The predicted molar refractivity (Wildman–Crippen MR) is 81.6 cm³/mol. The lowest BCUT2D eigenvalue weighted by molar-refractivity contribution is 0.0659. The highest BCUT2D eigenvalue weighted by Gasteiger charge is 2.34. The monoisotopic (exact) mass is 315 g/mol. The fourth-order valence-electron chi connectivity index (χ4n) is 2.50. The lowest BCUT2D eigenvalue weighted by Gasteiger charge is -2.18. The summed E-state index contributed by atoms with van der Waals surface area (Å²) in [5.74, 6) is -0.708. The molecule has 120 valence electrons. The Balaban J connectivity index is 1.76. The third kappa shape index (κ3) is 3.36. The maximum absolute atomic E-state index is 12.3. The third-order valence-electron chi connectivity index (χ3n) is 3.90. The number of aromatic carboxylic acids is 1. The van der Waals surface area contributed by atoms with E-state index in [0.29, 0.717) is 5.92 Å². The molecule has 6 nitrogen and oxygen atoms in total. The van der Waals surface area contributed by atoms with Crippen LogP contribution in [-0.2, 0) is 0 Å². The molecule has 2 N–H and O–H groups in total. The van der Waals surface area contributed by atoms with Crippen LogP contribution in [0.25, 0.3) is 0 Å². The van der Waals surface area contributed by atoms with Gasteiger partial charge in [-0.1, -0.05) is 12.1 Å². The molecule has 1 fully saturated rings. The molecule has 0 saturated heterocycles. The van der Waals surface area contributed by atoms with Crippen LogP contribution in [0.3, 0.4) is 0 Å². The molecule has 2 aromatic rings. The lowest BCUT2D eigenvalue weighted by Crippen LogP contribution is -2.29. The Hall–Kier alpha value is -2.76. The van der Waals surface area contributed by atoms with Crippen LogP contribution in [0.4, 0.5) is 0 Å². The quantitative estimate of drug-likeness (QED) is 0.855. The van der Waals surface area contributed by atoms with Crippen LogP contribution >= 0.6 is 0 Å². The Morgan fingerprint density at radius 1 is 1.17 bits per heavy atom. The highest BCUT2D eigenvalue weighted by Crippen LogP contribution is 2.41. The van der Waals surface area contributed by atoms with Gasteiger partial charge in [0.2, 0.25) is 5.76 Å². The standard InChI is InChI=1S/C17H17NO5/c1-22-12-6-4-11(5-7-12)15(10-2-3-10)18-16(19)13-8-9-14(23-13)17(20)21/h4-10,15H,2-3H2,1H3,(H,18,19)(H,20,21). The Labute approximate surface area is 133 Å². The molecule has 1 aliphatic carbocycles. The number of hydrogen-bond acceptors (Lipinski definition) is 4. The summed E-state index contributed by atoms with van der Waals surface area (Å²) in [5, 5.41) is 11.8. The molecule has 0 radical (unpaired) electrons. The molecule has 1 heterocycles. The Morgan fingerprint density at radius 2 is 1.83 bits per heavy atom. The number of carbonyl (C=O) groups excluding carboxylic acids is 1. The fraction of sp³-hybridized carbons (Fsp3) is 0.294. The van der Waals surface area contributed by atoms with Crippen LogP contribution in [0.2, 0.25) is 0 Å². The Kier molecular flexibility index (Phi) is 4.06. The zero-order valence-corrected chi connectivity index (χ0v) is 12.6. The van der Waals surface area contributed by atoms with E-state index in [1.54, 1.807) is 7.11 Å². The maximum atomic E-state index is 12.3. The first-order chi connectivity index (χ1) is 11.1. The van der Waals surface area contributed by atoms with E-state index in [1.807, 2.05) is 24.3 Å². The number of nitrogens with one attached hydrogen (secondary N) is 1. The molecule has 1 atom stereocenters. The van der Waals surface area contributed by atoms with Gasteiger partial charge in [-0.25, -0.2) is 4.79 Å². The van der Waals surface area contributed by atoms with E-state index in [2.05, 4.69) is 5.32 Å². The molecule has 1 aromatic carbocycles. The van der Waals surface area contributed by atoms with Crippen LogP contribution in [0.1, 0.15) is 45.6 Å². The average molecular weight is 315 g/mol. The van der Waals surface area contributed by atoms with Gasteiger partial charge in [-0.3, -0.25) is 4.79 Å². The molecule has 0 aliphatic heterocycles. The molecule has 1 amide bonds. The van der Waals surface area contributed by atoms with E-state index >= 15 is 0 Å². The van der Waals surface area contributed by atoms with Crippen molar-refractivity contribution in [2.24, 2.45) is 5.92 Å². The zero-order valence-electron chi connectivity index (χ0n) is 12.6. The SMILES string of the molecule is COc1ccc(C(NC(=O)c2ccc(C(=O)O)o2)C2CC2)cc1. The summed E-state index contributed by atoms with van der Waals surface area (Å²) in [6, 6.07) is 10.1. The zero-order chi connectivity index (χ0) is 16.4. The van der Waals surface area contributed by atoms with Crippen molar-refractivity contribution in [3.8, 4) is 5.75 Å². The molecule has 0 bridgehead atoms. The predicted octanol–water partition coefficient (Wildman–Crippen LogP) is 2.87. The van der Waals surface area contributed by atoms with Crippen LogP contribution in [0, 0.1) is 5.92 Å². The lowest BCUT2D eigenvalue weighted by atomic mass is 10.0. The Morgan fingerprint density at radius 3 is 2.35 bits per heavy atom. The molecule has 0 spiro atoms. The van der Waals surface area contributed by atoms with Gasteiger partial charge in [-0.15, -0.1) is 0 Å². The van der Waals surface area contributed by atoms with Gasteiger partial charge in [0.05, 0.1) is 13.2 Å². The van der Waals surface area contributed by atoms with Gasteiger partial charge in [-0.05, 0) is 48.6 Å². The van der Waals surface area contributed by atoms with Crippen LogP contribution in [-0.4, -0.2) is 24.1 Å². The number of carboxylic acid groups (broad SMARTS) is 1. The van der Waals surface area contributed by atoms with E-state index in [4.69, 9.17) is 14.3 Å². The number of carbonyl (C=O) groups is 2. The van der Waals surface area contributed by atoms with Crippen molar-refractivity contribution in [3.05, 3.63) is 53.5 Å². The summed E-state index contributed by atoms with van der Waals surface area (Å²) in [6.45, 7) is 0. The molecule has 23 heavy (non-hydrogen) atoms. The minimum atomic E-state index is -1.20. The van der Waals surface area contributed by atoms with Crippen LogP contribution in [0.15, 0.2) is 40.8 Å². The number of amides is 1. The summed E-state index contributed by atoms with van der Waals surface area (Å²) >= 11 is 0. The Bertz CT molecular complexity index is 715. The van der Waals surface area contributed by atoms with E-state index in [-0.39, 0.29) is 17.6 Å². The second-order valence-corrected chi connectivity index (χ2v) is 5.53. The molecule has 1 saturated carbocycles. The summed E-state index contributed by atoms with van der Waals surface area (Å²) in [4.78, 5) is 23.1. The van der Waals surface area contributed by atoms with E-state index in [0.717, 1.165) is 24.2 Å². The van der Waals surface area contributed by atoms with Crippen molar-refractivity contribution in [3.63, 3.8) is 0 Å². The molecule has 1 aliphatic rings. The van der Waals surface area contributed by atoms with E-state index in [1.165, 1.54) is 12.1 Å². The number of carboxylic acids is 1. The summed E-state index contributed by atoms with van der Waals surface area (Å²) in [7, 11) is 1.60. The number of hydrogen-bond donors (Lipinski definition) is 2. The van der Waals surface area contributed by atoms with E-state index < -0.39 is 11.9 Å². The van der Waals surface area contributed by atoms with Crippen molar-refractivity contribution in [1.82, 2.24) is 5.32 Å². The molecule has 1 unspecified atom stereocenters. The van der Waals surface area contributed by atoms with Crippen molar-refractivity contribution in [2.75, 3.05) is 7.11 Å². The minimum absolute atomic E-state index is 0.00145. The summed E-state index contributed by atoms with van der Waals surface area (Å²) < 4.78 is 10.2.